The van der Waals surface area contributed by atoms with Gasteiger partial charge >= 0.3 is 0 Å². The maximum Gasteiger partial charge on any atom is 0.290 e. The first-order chi connectivity index (χ1) is 14.2. The van der Waals surface area contributed by atoms with E-state index < -0.39 is 17.4 Å². The van der Waals surface area contributed by atoms with Crippen LogP contribution in [0.4, 0.5) is 0 Å². The summed E-state index contributed by atoms with van der Waals surface area (Å²) < 4.78 is 10.5. The molecule has 0 atom stereocenters. The highest BCUT2D eigenvalue weighted by Crippen LogP contribution is 2.27. The fraction of sp³-hybridized carbons (Fsp3) is 0.474. The van der Waals surface area contributed by atoms with E-state index in [-0.39, 0.29) is 51.3 Å². The Morgan fingerprint density at radius 2 is 1.83 bits per heavy atom. The monoisotopic (exact) mass is 425 g/mol. The molecule has 30 heavy (non-hydrogen) atoms. The second-order valence-corrected chi connectivity index (χ2v) is 6.52. The summed E-state index contributed by atoms with van der Waals surface area (Å²) in [5, 5.41) is 19.6. The number of hydrogen-bond acceptors (Lipinski definition) is 7. The minimum absolute atomic E-state index is 0.0819. The van der Waals surface area contributed by atoms with Crippen LogP contribution < -0.4 is 20.5 Å². The first-order valence-electron chi connectivity index (χ1n) is 9.06. The van der Waals surface area contributed by atoms with E-state index in [4.69, 9.17) is 25.1 Å². The van der Waals surface area contributed by atoms with Crippen molar-refractivity contribution in [1.82, 2.24) is 10.2 Å². The van der Waals surface area contributed by atoms with Crippen LogP contribution in [0, 0.1) is 0 Å². The van der Waals surface area contributed by atoms with Crippen LogP contribution in [-0.2, 0) is 25.6 Å². The molecule has 3 amide bonds. The highest BCUT2D eigenvalue weighted by atomic mass is 16.5. The largest absolute Gasteiger partial charge is 0.497 e. The molecule has 166 valence electrons. The molecule has 1 aromatic carbocycles. The van der Waals surface area contributed by atoms with E-state index in [9.17, 15) is 19.5 Å². The molecule has 0 aliphatic carbocycles. The molecule has 1 aliphatic rings. The summed E-state index contributed by atoms with van der Waals surface area (Å²) in [5.74, 6) is -0.267. The normalized spacial score (nSPS) is 14.6. The lowest BCUT2D eigenvalue weighted by Gasteiger charge is -2.37. The second kappa shape index (κ2) is 11.6. The van der Waals surface area contributed by atoms with Crippen LogP contribution in [0.2, 0.25) is 0 Å². The van der Waals surface area contributed by atoms with E-state index in [1.54, 1.807) is 30.2 Å². The van der Waals surface area contributed by atoms with Gasteiger partial charge in [-0.05, 0) is 18.2 Å². The summed E-state index contributed by atoms with van der Waals surface area (Å²) in [5.41, 5.74) is 4.07. The van der Waals surface area contributed by atoms with Crippen molar-refractivity contribution in [2.24, 2.45) is 5.73 Å². The zero-order valence-electron chi connectivity index (χ0n) is 16.9. The lowest BCUT2D eigenvalue weighted by atomic mass is 9.90. The number of carboxylic acid groups (broad SMARTS) is 1. The maximum absolute atomic E-state index is 12.6. The van der Waals surface area contributed by atoms with Gasteiger partial charge in [-0.25, -0.2) is 0 Å². The first-order valence-corrected chi connectivity index (χ1v) is 9.06. The van der Waals surface area contributed by atoms with Gasteiger partial charge < -0.3 is 35.6 Å². The molecule has 0 unspecified atom stereocenters. The number of carbonyl (C=O) groups excluding carboxylic acids is 3. The Hall–Kier alpha value is -3.34. The van der Waals surface area contributed by atoms with Crippen molar-refractivity contribution >= 4 is 24.2 Å². The molecule has 0 bridgehead atoms. The van der Waals surface area contributed by atoms with Gasteiger partial charge in [0.2, 0.25) is 11.8 Å². The molecular weight excluding hydrogens is 398 g/mol. The molecule has 11 nitrogen and oxygen atoms in total. The molecule has 0 radical (unpaired) electrons. The molecule has 11 heteroatoms. The van der Waals surface area contributed by atoms with Crippen molar-refractivity contribution in [3.8, 4) is 11.5 Å². The number of likely N-dealkylation sites (tertiary alicyclic amines) is 1. The fourth-order valence-electron chi connectivity index (χ4n) is 2.98. The van der Waals surface area contributed by atoms with E-state index in [1.165, 1.54) is 7.11 Å². The van der Waals surface area contributed by atoms with E-state index >= 15 is 0 Å². The van der Waals surface area contributed by atoms with Gasteiger partial charge in [-0.1, -0.05) is 0 Å². The van der Waals surface area contributed by atoms with Crippen molar-refractivity contribution in [2.75, 3.05) is 33.9 Å². The van der Waals surface area contributed by atoms with Gasteiger partial charge in [-0.3, -0.25) is 19.2 Å². The summed E-state index contributed by atoms with van der Waals surface area (Å²) in [7, 11) is 3.07. The standard InChI is InChI=1S/C18H25N3O6.CH2O2/c1-26-13-3-4-14(27-2)12(9-13)10-16(23)21-7-5-18(25,6-8-21)17(24)20-11-15(19)22;2-1-3/h3-4,9,25H,5-8,10-11H2,1-2H3,(H2,19,22)(H,20,24);1H,(H,2,3). The maximum atomic E-state index is 12.6. The Morgan fingerprint density at radius 3 is 2.33 bits per heavy atom. The summed E-state index contributed by atoms with van der Waals surface area (Å²) in [4.78, 5) is 45.4. The van der Waals surface area contributed by atoms with E-state index in [0.29, 0.717) is 17.1 Å². The second-order valence-electron chi connectivity index (χ2n) is 6.52. The van der Waals surface area contributed by atoms with E-state index in [0.717, 1.165) is 0 Å². The Balaban J connectivity index is 0.00000141. The van der Waals surface area contributed by atoms with Crippen LogP contribution in [0.15, 0.2) is 18.2 Å². The number of nitrogens with two attached hydrogens (primary N) is 1. The number of amides is 3. The average Bonchev–Trinajstić information content (AvgIpc) is 2.72. The predicted octanol–water partition coefficient (Wildman–Crippen LogP) is -1.10. The number of aliphatic hydroxyl groups is 1. The Morgan fingerprint density at radius 1 is 1.23 bits per heavy atom. The number of nitrogens with one attached hydrogen (secondary N) is 1. The minimum Gasteiger partial charge on any atom is -0.497 e. The van der Waals surface area contributed by atoms with E-state index in [1.807, 2.05) is 0 Å². The number of nitrogens with zero attached hydrogens (tertiary/aromatic N) is 1. The molecule has 1 saturated heterocycles. The highest BCUT2D eigenvalue weighted by Gasteiger charge is 2.40. The van der Waals surface area contributed by atoms with Gasteiger partial charge in [0, 0.05) is 31.5 Å². The van der Waals surface area contributed by atoms with Crippen LogP contribution in [0.3, 0.4) is 0 Å². The number of primary amides is 1. The van der Waals surface area contributed by atoms with Crippen molar-refractivity contribution < 1.29 is 38.9 Å². The number of ether oxygens (including phenoxy) is 2. The molecule has 1 fully saturated rings. The predicted molar refractivity (Wildman–Crippen MR) is 105 cm³/mol. The van der Waals surface area contributed by atoms with Crippen LogP contribution in [0.5, 0.6) is 11.5 Å². The lowest BCUT2D eigenvalue weighted by molar-refractivity contribution is -0.149. The number of rotatable bonds is 7. The van der Waals surface area contributed by atoms with Crippen molar-refractivity contribution in [2.45, 2.75) is 24.9 Å². The lowest BCUT2D eigenvalue weighted by Crippen LogP contribution is -2.55. The number of methoxy groups -OCH3 is 2. The van der Waals surface area contributed by atoms with Crippen LogP contribution in [0.25, 0.3) is 0 Å². The van der Waals surface area contributed by atoms with Crippen LogP contribution in [-0.4, -0.2) is 78.8 Å². The summed E-state index contributed by atoms with van der Waals surface area (Å²) >= 11 is 0. The van der Waals surface area contributed by atoms with Gasteiger partial charge in [0.25, 0.3) is 12.4 Å². The van der Waals surface area contributed by atoms with Gasteiger partial charge in [0.05, 0.1) is 27.2 Å². The summed E-state index contributed by atoms with van der Waals surface area (Å²) in [6, 6.07) is 5.23. The Bertz CT molecular complexity index is 760. The van der Waals surface area contributed by atoms with Crippen LogP contribution >= 0.6 is 0 Å². The third-order valence-corrected chi connectivity index (χ3v) is 4.62. The number of carbonyl (C=O) groups is 4. The Labute approximate surface area is 173 Å². The SMILES string of the molecule is COc1ccc(OC)c(CC(=O)N2CCC(O)(C(=O)NCC(N)=O)CC2)c1.O=CO. The molecule has 5 N–H and O–H groups in total. The third-order valence-electron chi connectivity index (χ3n) is 4.62. The van der Waals surface area contributed by atoms with Crippen molar-refractivity contribution in [3.63, 3.8) is 0 Å². The topological polar surface area (TPSA) is 168 Å². The number of hydrogen-bond donors (Lipinski definition) is 4. The molecular formula is C19H27N3O8. The summed E-state index contributed by atoms with van der Waals surface area (Å²) in [6.07, 6.45) is 0.282. The number of piperidine rings is 1. The van der Waals surface area contributed by atoms with Crippen molar-refractivity contribution in [3.05, 3.63) is 23.8 Å². The minimum atomic E-state index is -1.61. The molecule has 0 saturated carbocycles. The average molecular weight is 425 g/mol. The van der Waals surface area contributed by atoms with Crippen molar-refractivity contribution in [1.29, 1.82) is 0 Å². The number of benzene rings is 1. The third kappa shape index (κ3) is 6.92. The molecule has 0 spiro atoms. The quantitative estimate of drug-likeness (QED) is 0.399. The zero-order valence-corrected chi connectivity index (χ0v) is 16.9. The molecule has 1 aromatic rings. The zero-order chi connectivity index (χ0) is 22.7. The summed E-state index contributed by atoms with van der Waals surface area (Å²) in [6.45, 7) is -0.128. The smallest absolute Gasteiger partial charge is 0.290 e. The highest BCUT2D eigenvalue weighted by molar-refractivity contribution is 5.89. The van der Waals surface area contributed by atoms with Gasteiger partial charge in [-0.15, -0.1) is 0 Å². The van der Waals surface area contributed by atoms with E-state index in [2.05, 4.69) is 5.32 Å². The first kappa shape index (κ1) is 24.7. The van der Waals surface area contributed by atoms with Gasteiger partial charge in [0.1, 0.15) is 17.1 Å². The Kier molecular flexibility index (Phi) is 9.56. The fourth-order valence-corrected chi connectivity index (χ4v) is 2.98. The molecule has 0 aromatic heterocycles. The van der Waals surface area contributed by atoms with Gasteiger partial charge in [0.15, 0.2) is 0 Å². The molecule has 2 rings (SSSR count). The van der Waals surface area contributed by atoms with Crippen LogP contribution in [0.1, 0.15) is 18.4 Å². The molecule has 1 heterocycles. The molecule has 1 aliphatic heterocycles. The van der Waals surface area contributed by atoms with Gasteiger partial charge in [-0.2, -0.15) is 0 Å².